The Morgan fingerprint density at radius 3 is 2.74 bits per heavy atom. The number of nitrogens with zero attached hydrogens (tertiary/aromatic N) is 2. The van der Waals surface area contributed by atoms with E-state index in [0.717, 1.165) is 11.1 Å². The normalized spacial score (nSPS) is 15.1. The van der Waals surface area contributed by atoms with Crippen LogP contribution in [0.25, 0.3) is 11.3 Å². The smallest absolute Gasteiger partial charge is 0.249 e. The summed E-state index contributed by atoms with van der Waals surface area (Å²) in [7, 11) is 3.05. The molecule has 0 unspecified atom stereocenters. The summed E-state index contributed by atoms with van der Waals surface area (Å²) in [6.07, 6.45) is -0.0343. The van der Waals surface area contributed by atoms with Crippen molar-refractivity contribution in [1.82, 2.24) is 9.78 Å². The number of anilines is 2. The largest absolute Gasteiger partial charge is 0.497 e. The Bertz CT molecular complexity index is 1170. The molecule has 0 aliphatic carbocycles. The maximum atomic E-state index is 13.1. The van der Waals surface area contributed by atoms with Gasteiger partial charge in [0, 0.05) is 22.2 Å². The molecule has 0 fully saturated rings. The van der Waals surface area contributed by atoms with Crippen LogP contribution < -0.4 is 20.1 Å². The highest BCUT2D eigenvalue weighted by molar-refractivity contribution is 6.30. The number of carbonyl (C=O) groups is 2. The number of fused-ring (bicyclic) bond motifs is 1. The molecule has 1 atom stereocenters. The fraction of sp³-hybridized carbons (Fsp3) is 0.227. The first-order valence-corrected chi connectivity index (χ1v) is 9.97. The topological polar surface area (TPSA) is 94.5 Å². The maximum Gasteiger partial charge on any atom is 0.249 e. The highest BCUT2D eigenvalue weighted by atomic mass is 35.5. The summed E-state index contributed by atoms with van der Waals surface area (Å²) in [4.78, 5) is 25.5. The molecule has 0 radical (unpaired) electrons. The first-order valence-electron chi connectivity index (χ1n) is 9.59. The molecule has 2 heterocycles. The zero-order valence-electron chi connectivity index (χ0n) is 17.2. The van der Waals surface area contributed by atoms with Crippen LogP contribution in [0.3, 0.4) is 0 Å². The Labute approximate surface area is 184 Å². The second-order valence-corrected chi connectivity index (χ2v) is 7.54. The van der Waals surface area contributed by atoms with Gasteiger partial charge in [-0.25, -0.2) is 4.68 Å². The van der Waals surface area contributed by atoms with Crippen molar-refractivity contribution in [3.05, 3.63) is 53.1 Å². The molecule has 2 N–H and O–H groups in total. The predicted octanol–water partition coefficient (Wildman–Crippen LogP) is 4.05. The Morgan fingerprint density at radius 1 is 1.23 bits per heavy atom. The molecule has 4 rings (SSSR count). The molecule has 2 aromatic carbocycles. The van der Waals surface area contributed by atoms with Gasteiger partial charge in [0.05, 0.1) is 32.0 Å². The van der Waals surface area contributed by atoms with Crippen molar-refractivity contribution in [2.45, 2.75) is 19.4 Å². The molecular formula is C22H21ClN4O4. The van der Waals surface area contributed by atoms with Gasteiger partial charge < -0.3 is 20.1 Å². The van der Waals surface area contributed by atoms with Crippen LogP contribution in [0.1, 0.15) is 18.0 Å². The molecule has 9 heteroatoms. The molecule has 8 nitrogen and oxygen atoms in total. The minimum absolute atomic E-state index is 0.0343. The van der Waals surface area contributed by atoms with Crippen molar-refractivity contribution in [2.75, 3.05) is 24.9 Å². The van der Waals surface area contributed by atoms with Gasteiger partial charge in [-0.3, -0.25) is 9.59 Å². The van der Waals surface area contributed by atoms with Gasteiger partial charge in [-0.15, -0.1) is 0 Å². The van der Waals surface area contributed by atoms with Crippen molar-refractivity contribution in [3.8, 4) is 22.8 Å². The number of hydrogen-bond donors (Lipinski definition) is 2. The monoisotopic (exact) mass is 440 g/mol. The average molecular weight is 441 g/mol. The number of methoxy groups -OCH3 is 2. The zero-order valence-corrected chi connectivity index (χ0v) is 18.0. The van der Waals surface area contributed by atoms with Crippen molar-refractivity contribution >= 4 is 34.9 Å². The van der Waals surface area contributed by atoms with E-state index in [2.05, 4.69) is 15.7 Å². The number of nitrogens with one attached hydrogen (secondary N) is 2. The lowest BCUT2D eigenvalue weighted by atomic mass is 10.1. The van der Waals surface area contributed by atoms with Gasteiger partial charge >= 0.3 is 0 Å². The standard InChI is InChI=1S/C22H21ClN4O4/c1-12-20(13-5-4-6-14(23)9-13)26-27-17(11-19(28)25-21(12)27)22(29)24-16-8-7-15(30-2)10-18(16)31-3/h4-10,17H,11H2,1-3H3,(H,24,29)(H,25,28)/t17-/m1/s1. The van der Waals surface area contributed by atoms with Gasteiger partial charge in [-0.1, -0.05) is 23.7 Å². The maximum absolute atomic E-state index is 13.1. The summed E-state index contributed by atoms with van der Waals surface area (Å²) in [5.41, 5.74) is 2.69. The van der Waals surface area contributed by atoms with E-state index >= 15 is 0 Å². The number of carbonyl (C=O) groups excluding carboxylic acids is 2. The van der Waals surface area contributed by atoms with Crippen LogP contribution in [0.15, 0.2) is 42.5 Å². The fourth-order valence-corrected chi connectivity index (χ4v) is 3.76. The third-order valence-electron chi connectivity index (χ3n) is 5.15. The average Bonchev–Trinajstić information content (AvgIpc) is 3.09. The molecule has 3 aromatic rings. The van der Waals surface area contributed by atoms with Crippen LogP contribution in [-0.2, 0) is 9.59 Å². The molecule has 2 amide bonds. The molecule has 1 aliphatic heterocycles. The summed E-state index contributed by atoms with van der Waals surface area (Å²) in [6, 6.07) is 11.5. The number of hydrogen-bond acceptors (Lipinski definition) is 5. The van der Waals surface area contributed by atoms with E-state index < -0.39 is 6.04 Å². The van der Waals surface area contributed by atoms with Crippen LogP contribution in [0.2, 0.25) is 5.02 Å². The van der Waals surface area contributed by atoms with Crippen LogP contribution in [0.5, 0.6) is 11.5 Å². The Hall–Kier alpha value is -3.52. The van der Waals surface area contributed by atoms with Gasteiger partial charge in [0.1, 0.15) is 23.4 Å². The third-order valence-corrected chi connectivity index (χ3v) is 5.38. The molecule has 1 aromatic heterocycles. The van der Waals surface area contributed by atoms with Gasteiger partial charge in [-0.2, -0.15) is 5.10 Å². The molecular weight excluding hydrogens is 420 g/mol. The lowest BCUT2D eigenvalue weighted by Gasteiger charge is -2.24. The third kappa shape index (κ3) is 3.94. The number of ether oxygens (including phenoxy) is 2. The van der Waals surface area contributed by atoms with Crippen molar-refractivity contribution < 1.29 is 19.1 Å². The molecule has 31 heavy (non-hydrogen) atoms. The quantitative estimate of drug-likeness (QED) is 0.624. The number of amides is 2. The second kappa shape index (κ2) is 8.31. The summed E-state index contributed by atoms with van der Waals surface area (Å²) < 4.78 is 12.1. The molecule has 0 saturated heterocycles. The summed E-state index contributed by atoms with van der Waals surface area (Å²) in [5.74, 6) is 0.912. The van der Waals surface area contributed by atoms with E-state index in [1.807, 2.05) is 19.1 Å². The summed E-state index contributed by atoms with van der Waals surface area (Å²) in [6.45, 7) is 1.85. The van der Waals surface area contributed by atoms with E-state index in [0.29, 0.717) is 33.7 Å². The first-order chi connectivity index (χ1) is 14.9. The first kappa shape index (κ1) is 20.7. The van der Waals surface area contributed by atoms with E-state index in [-0.39, 0.29) is 18.2 Å². The van der Waals surface area contributed by atoms with Crippen LogP contribution in [0, 0.1) is 6.92 Å². The SMILES string of the molecule is COc1ccc(NC(=O)[C@H]2CC(=O)Nc3c(C)c(-c4cccc(Cl)c4)nn32)c(OC)c1. The minimum Gasteiger partial charge on any atom is -0.497 e. The second-order valence-electron chi connectivity index (χ2n) is 7.10. The van der Waals surface area contributed by atoms with Gasteiger partial charge in [0.25, 0.3) is 0 Å². The molecule has 160 valence electrons. The van der Waals surface area contributed by atoms with E-state index in [4.69, 9.17) is 21.1 Å². The summed E-state index contributed by atoms with van der Waals surface area (Å²) in [5, 5.41) is 10.9. The minimum atomic E-state index is -0.817. The van der Waals surface area contributed by atoms with Crippen molar-refractivity contribution in [1.29, 1.82) is 0 Å². The Kier molecular flexibility index (Phi) is 5.56. The van der Waals surface area contributed by atoms with Crippen LogP contribution >= 0.6 is 11.6 Å². The lowest BCUT2D eigenvalue weighted by molar-refractivity contribution is -0.125. The van der Waals surface area contributed by atoms with E-state index in [9.17, 15) is 9.59 Å². The fourth-order valence-electron chi connectivity index (χ4n) is 3.57. The Morgan fingerprint density at radius 2 is 2.03 bits per heavy atom. The Balaban J connectivity index is 1.69. The highest BCUT2D eigenvalue weighted by Crippen LogP contribution is 2.36. The molecule has 0 saturated carbocycles. The van der Waals surface area contributed by atoms with Gasteiger partial charge in [0.15, 0.2) is 0 Å². The lowest BCUT2D eigenvalue weighted by Crippen LogP contribution is -2.36. The number of benzene rings is 2. The van der Waals surface area contributed by atoms with Gasteiger partial charge in [0.2, 0.25) is 11.8 Å². The van der Waals surface area contributed by atoms with E-state index in [1.165, 1.54) is 7.11 Å². The van der Waals surface area contributed by atoms with Crippen molar-refractivity contribution in [2.24, 2.45) is 0 Å². The van der Waals surface area contributed by atoms with Crippen LogP contribution in [-0.4, -0.2) is 35.8 Å². The predicted molar refractivity (Wildman–Crippen MR) is 118 cm³/mol. The number of rotatable bonds is 5. The van der Waals surface area contributed by atoms with Crippen LogP contribution in [0.4, 0.5) is 11.5 Å². The summed E-state index contributed by atoms with van der Waals surface area (Å²) >= 11 is 6.13. The number of aromatic nitrogens is 2. The number of halogens is 1. The van der Waals surface area contributed by atoms with E-state index in [1.54, 1.807) is 42.1 Å². The van der Waals surface area contributed by atoms with Gasteiger partial charge in [-0.05, 0) is 31.2 Å². The zero-order chi connectivity index (χ0) is 22.1. The molecule has 0 spiro atoms. The molecule has 0 bridgehead atoms. The van der Waals surface area contributed by atoms with Crippen molar-refractivity contribution in [3.63, 3.8) is 0 Å². The highest BCUT2D eigenvalue weighted by Gasteiger charge is 2.34. The molecule has 1 aliphatic rings.